The molecule has 13 rings (SSSR count). The van der Waals surface area contributed by atoms with E-state index in [9.17, 15) is 0 Å². The Morgan fingerprint density at radius 3 is 1.95 bits per heavy atom. The minimum Gasteiger partial charge on any atom is -0.309 e. The first-order chi connectivity index (χ1) is 28.2. The summed E-state index contributed by atoms with van der Waals surface area (Å²) in [4.78, 5) is 13.0. The normalized spacial score (nSPS) is 12.5. The first-order valence-electron chi connectivity index (χ1n) is 19.3. The Bertz CT molecular complexity index is 3690. The van der Waals surface area contributed by atoms with Gasteiger partial charge in [0.2, 0.25) is 5.95 Å². The van der Waals surface area contributed by atoms with Crippen LogP contribution in [0.4, 0.5) is 0 Å². The second-order valence-electron chi connectivity index (χ2n) is 15.0. The van der Waals surface area contributed by atoms with Crippen LogP contribution in [-0.4, -0.2) is 19.1 Å². The lowest BCUT2D eigenvalue weighted by atomic mass is 10.00. The zero-order valence-corrected chi connectivity index (χ0v) is 31.3. The third-order valence-electron chi connectivity index (χ3n) is 11.9. The molecule has 1 aliphatic rings. The van der Waals surface area contributed by atoms with Crippen molar-refractivity contribution >= 4 is 87.8 Å². The molecule has 0 bridgehead atoms. The molecular formula is C52H30N4S. The Morgan fingerprint density at radius 2 is 1.07 bits per heavy atom. The molecule has 264 valence electrons. The molecule has 0 N–H and O–H groups in total. The van der Waals surface area contributed by atoms with Crippen LogP contribution in [0.25, 0.3) is 110 Å². The molecule has 3 aromatic heterocycles. The zero-order chi connectivity index (χ0) is 37.2. The lowest BCUT2D eigenvalue weighted by Crippen LogP contribution is -2.05. The number of para-hydroxylation sites is 1. The van der Waals surface area contributed by atoms with Gasteiger partial charge in [0.1, 0.15) is 0 Å². The molecule has 0 amide bonds. The molecule has 4 nitrogen and oxygen atoms in total. The van der Waals surface area contributed by atoms with Gasteiger partial charge in [0.05, 0.1) is 33.3 Å². The summed E-state index contributed by atoms with van der Waals surface area (Å²) >= 11 is 1.80. The van der Waals surface area contributed by atoms with E-state index in [-0.39, 0.29) is 0 Å². The number of benzene rings is 9. The highest BCUT2D eigenvalue weighted by Crippen LogP contribution is 2.47. The lowest BCUT2D eigenvalue weighted by molar-refractivity contribution is 1.01. The Balaban J connectivity index is 1.02. The number of hydrogen-bond acceptors (Lipinski definition) is 3. The van der Waals surface area contributed by atoms with Crippen molar-refractivity contribution < 1.29 is 0 Å². The van der Waals surface area contributed by atoms with Gasteiger partial charge < -0.3 is 4.57 Å². The van der Waals surface area contributed by atoms with Crippen molar-refractivity contribution in [3.8, 4) is 34.0 Å². The standard InChI is InChI=1S/C52H30N4S/c1-2-12-33-28-36(24-20-31(33)10-1)55-45-26-22-35(30-42(45)39-25-21-32-11-3-4-13-37(32)51(39)55)34-23-27-46-41(29-34)38-14-5-7-17-44(38)56(46)52-53-43-16-9-19-48-49(43)50(54-52)40-15-6-8-18-47(40)57-48/h1-30H. The molecule has 1 aliphatic heterocycles. The Morgan fingerprint density at radius 1 is 0.404 bits per heavy atom. The largest absolute Gasteiger partial charge is 0.309 e. The molecule has 0 atom stereocenters. The number of aromatic nitrogens is 4. The third kappa shape index (κ3) is 4.46. The number of hydrogen-bond donors (Lipinski definition) is 0. The molecule has 0 fully saturated rings. The molecule has 0 saturated carbocycles. The van der Waals surface area contributed by atoms with E-state index in [2.05, 4.69) is 191 Å². The van der Waals surface area contributed by atoms with Gasteiger partial charge in [-0.15, -0.1) is 0 Å². The van der Waals surface area contributed by atoms with Crippen LogP contribution >= 0.6 is 11.8 Å². The van der Waals surface area contributed by atoms with Crippen LogP contribution in [0, 0.1) is 0 Å². The van der Waals surface area contributed by atoms with Crippen LogP contribution in [0.15, 0.2) is 192 Å². The average molecular weight is 743 g/mol. The summed E-state index contributed by atoms with van der Waals surface area (Å²) in [6.07, 6.45) is 0. The number of rotatable bonds is 3. The van der Waals surface area contributed by atoms with E-state index < -0.39 is 0 Å². The molecule has 0 saturated heterocycles. The molecule has 0 radical (unpaired) electrons. The van der Waals surface area contributed by atoms with Crippen LogP contribution in [-0.2, 0) is 0 Å². The highest BCUT2D eigenvalue weighted by Gasteiger charge is 2.24. The highest BCUT2D eigenvalue weighted by molar-refractivity contribution is 7.99. The predicted molar refractivity (Wildman–Crippen MR) is 238 cm³/mol. The molecule has 0 spiro atoms. The van der Waals surface area contributed by atoms with Gasteiger partial charge in [0.15, 0.2) is 0 Å². The first-order valence-corrected chi connectivity index (χ1v) is 20.1. The zero-order valence-electron chi connectivity index (χ0n) is 30.5. The lowest BCUT2D eigenvalue weighted by Gasteiger charge is -2.20. The molecule has 57 heavy (non-hydrogen) atoms. The molecular weight excluding hydrogens is 713 g/mol. The Labute approximate surface area is 331 Å². The molecule has 0 aliphatic carbocycles. The minimum atomic E-state index is 0.686. The second-order valence-corrected chi connectivity index (χ2v) is 16.1. The summed E-state index contributed by atoms with van der Waals surface area (Å²) in [5.41, 5.74) is 11.2. The van der Waals surface area contributed by atoms with E-state index >= 15 is 0 Å². The van der Waals surface area contributed by atoms with Gasteiger partial charge in [-0.2, -0.15) is 0 Å². The van der Waals surface area contributed by atoms with Crippen molar-refractivity contribution in [3.63, 3.8) is 0 Å². The van der Waals surface area contributed by atoms with Crippen molar-refractivity contribution in [3.05, 3.63) is 182 Å². The number of fused-ring (bicyclic) bond motifs is 11. The molecule has 5 heteroatoms. The summed E-state index contributed by atoms with van der Waals surface area (Å²) in [5.74, 6) is 0.686. The fraction of sp³-hybridized carbons (Fsp3) is 0. The van der Waals surface area contributed by atoms with Crippen LogP contribution in [0.3, 0.4) is 0 Å². The van der Waals surface area contributed by atoms with Crippen molar-refractivity contribution in [2.24, 2.45) is 0 Å². The van der Waals surface area contributed by atoms with E-state index in [0.29, 0.717) is 5.95 Å². The van der Waals surface area contributed by atoms with Gasteiger partial charge in [-0.25, -0.2) is 9.97 Å². The van der Waals surface area contributed by atoms with Gasteiger partial charge in [-0.3, -0.25) is 4.57 Å². The molecule has 12 aromatic rings. The summed E-state index contributed by atoms with van der Waals surface area (Å²) in [5, 5.41) is 10.9. The summed E-state index contributed by atoms with van der Waals surface area (Å²) in [7, 11) is 0. The van der Waals surface area contributed by atoms with Crippen molar-refractivity contribution in [2.75, 3.05) is 0 Å². The van der Waals surface area contributed by atoms with Gasteiger partial charge in [-0.05, 0) is 87.9 Å². The van der Waals surface area contributed by atoms with Crippen LogP contribution in [0.5, 0.6) is 0 Å². The maximum absolute atomic E-state index is 5.36. The van der Waals surface area contributed by atoms with Gasteiger partial charge >= 0.3 is 0 Å². The maximum Gasteiger partial charge on any atom is 0.235 e. The van der Waals surface area contributed by atoms with Crippen LogP contribution in [0.2, 0.25) is 0 Å². The van der Waals surface area contributed by atoms with Crippen molar-refractivity contribution in [1.29, 1.82) is 0 Å². The molecule has 0 unspecified atom stereocenters. The fourth-order valence-electron chi connectivity index (χ4n) is 9.30. The quantitative estimate of drug-likeness (QED) is 0.181. The maximum atomic E-state index is 5.36. The van der Waals surface area contributed by atoms with E-state index in [1.165, 1.54) is 75.0 Å². The van der Waals surface area contributed by atoms with Gasteiger partial charge in [0.25, 0.3) is 0 Å². The fourth-order valence-corrected chi connectivity index (χ4v) is 10.4. The Hall–Kier alpha value is -7.21. The summed E-state index contributed by atoms with van der Waals surface area (Å²) < 4.78 is 4.70. The first kappa shape index (κ1) is 31.0. The molecule has 4 heterocycles. The summed E-state index contributed by atoms with van der Waals surface area (Å²) in [6, 6.07) is 66.2. The second kappa shape index (κ2) is 11.7. The van der Waals surface area contributed by atoms with Crippen molar-refractivity contribution in [1.82, 2.24) is 19.1 Å². The average Bonchev–Trinajstić information content (AvgIpc) is 3.79. The van der Waals surface area contributed by atoms with Gasteiger partial charge in [-0.1, -0.05) is 133 Å². The van der Waals surface area contributed by atoms with E-state index in [1.54, 1.807) is 11.8 Å². The van der Waals surface area contributed by atoms with E-state index in [1.807, 2.05) is 0 Å². The van der Waals surface area contributed by atoms with Crippen LogP contribution in [0.1, 0.15) is 0 Å². The third-order valence-corrected chi connectivity index (χ3v) is 13.0. The molecule has 9 aromatic carbocycles. The Kier molecular flexibility index (Phi) is 6.35. The monoisotopic (exact) mass is 742 g/mol. The minimum absolute atomic E-state index is 0.686. The van der Waals surface area contributed by atoms with E-state index in [0.717, 1.165) is 38.9 Å². The number of nitrogens with zero attached hydrogens (tertiary/aromatic N) is 4. The smallest absolute Gasteiger partial charge is 0.235 e. The predicted octanol–water partition coefficient (Wildman–Crippen LogP) is 13.9. The van der Waals surface area contributed by atoms with Gasteiger partial charge in [0, 0.05) is 53.4 Å². The van der Waals surface area contributed by atoms with Crippen LogP contribution < -0.4 is 0 Å². The topological polar surface area (TPSA) is 35.6 Å². The van der Waals surface area contributed by atoms with Crippen molar-refractivity contribution in [2.45, 2.75) is 9.79 Å². The SMILES string of the molecule is c1ccc2c(c1)Sc1cccc3nc(-n4c5ccccc5c5cc(-c6ccc7c(c6)c6ccc8ccccc8c6n7-c6ccc7ccccc7c6)ccc54)nc-2c13. The van der Waals surface area contributed by atoms with E-state index in [4.69, 9.17) is 9.97 Å². The highest BCUT2D eigenvalue weighted by atomic mass is 32.2. The summed E-state index contributed by atoms with van der Waals surface area (Å²) in [6.45, 7) is 0.